The van der Waals surface area contributed by atoms with Gasteiger partial charge in [-0.3, -0.25) is 14.5 Å². The van der Waals surface area contributed by atoms with Crippen molar-refractivity contribution in [2.24, 2.45) is 35.0 Å². The van der Waals surface area contributed by atoms with Crippen LogP contribution in [0.2, 0.25) is 0 Å². The van der Waals surface area contributed by atoms with Gasteiger partial charge in [0.1, 0.15) is 6.04 Å². The van der Waals surface area contributed by atoms with Gasteiger partial charge < -0.3 is 15.3 Å². The Hall–Kier alpha value is -1.51. The molecule has 5 rings (SSSR count). The summed E-state index contributed by atoms with van der Waals surface area (Å²) in [6.07, 6.45) is 2.90. The lowest BCUT2D eigenvalue weighted by Gasteiger charge is -2.62. The molecular weight excluding hydrogens is 500 g/mol. The first-order chi connectivity index (χ1) is 18.9. The van der Waals surface area contributed by atoms with Crippen LogP contribution in [0, 0.1) is 35.0 Å². The van der Waals surface area contributed by atoms with Gasteiger partial charge in [0.25, 0.3) is 0 Å². The minimum Gasteiger partial charge on any atom is -0.393 e. The van der Waals surface area contributed by atoms with E-state index in [1.165, 1.54) is 18.4 Å². The molecule has 2 bridgehead atoms. The molecule has 40 heavy (non-hydrogen) atoms. The van der Waals surface area contributed by atoms with E-state index < -0.39 is 12.1 Å². The number of hydrogen-bond acceptors (Lipinski definition) is 6. The summed E-state index contributed by atoms with van der Waals surface area (Å²) in [5, 5.41) is 15.8. The van der Waals surface area contributed by atoms with Crippen molar-refractivity contribution < 1.29 is 14.7 Å². The Bertz CT molecular complexity index is 968. The summed E-state index contributed by atoms with van der Waals surface area (Å²) in [5.74, 6) is 2.25. The predicted molar refractivity (Wildman–Crippen MR) is 161 cm³/mol. The largest absolute Gasteiger partial charge is 0.393 e. The Balaban J connectivity index is 1.42. The summed E-state index contributed by atoms with van der Waals surface area (Å²) >= 11 is 0. The molecule has 7 heteroatoms. The molecule has 1 amide bonds. The van der Waals surface area contributed by atoms with Crippen LogP contribution in [-0.2, 0) is 22.7 Å². The lowest BCUT2D eigenvalue weighted by molar-refractivity contribution is -0.161. The van der Waals surface area contributed by atoms with Gasteiger partial charge >= 0.3 is 0 Å². The second-order valence-electron chi connectivity index (χ2n) is 14.4. The third-order valence-corrected chi connectivity index (χ3v) is 10.3. The van der Waals surface area contributed by atoms with Crippen molar-refractivity contribution in [1.29, 1.82) is 0 Å². The minimum absolute atomic E-state index is 0.000873. The smallest absolute Gasteiger partial charge is 0.240 e. The fraction of sp³-hybridized carbons (Fsp3) is 0.788. The fourth-order valence-corrected chi connectivity index (χ4v) is 7.36. The lowest BCUT2D eigenvalue weighted by Crippen LogP contribution is -2.62. The Morgan fingerprint density at radius 2 is 1.88 bits per heavy atom. The van der Waals surface area contributed by atoms with Gasteiger partial charge in [-0.25, -0.2) is 0 Å². The van der Waals surface area contributed by atoms with Gasteiger partial charge in [-0.05, 0) is 87.0 Å². The molecule has 0 spiro atoms. The van der Waals surface area contributed by atoms with Gasteiger partial charge in [0.2, 0.25) is 5.91 Å². The van der Waals surface area contributed by atoms with E-state index in [2.05, 4.69) is 88.1 Å². The molecule has 3 aliphatic carbocycles. The molecule has 1 aliphatic heterocycles. The number of aliphatic hydroxyl groups is 1. The van der Waals surface area contributed by atoms with Crippen LogP contribution in [0.25, 0.3) is 0 Å². The second kappa shape index (κ2) is 13.2. The lowest BCUT2D eigenvalue weighted by atomic mass is 9.45. The number of carbonyl (C=O) groups is 1. The van der Waals surface area contributed by atoms with Gasteiger partial charge in [-0.1, -0.05) is 58.9 Å². The zero-order chi connectivity index (χ0) is 29.2. The van der Waals surface area contributed by atoms with Crippen molar-refractivity contribution in [2.45, 2.75) is 92.1 Å². The standard InChI is InChI=1S/C33H56N4O3/c1-22(2)12-13-36(15-14-35(7)8)19-25-10-9-11-26(16-25)20-37-31(28(21-40-37)24(4)38)32(39)34-30-18-27-17-29(23(30)3)33(27,5)6/h9-11,16,22-24,27-31,38H,12-15,17-21H2,1-8H3,(H,34,39)/t23-,24-,27+,28-,29-,30-,31-/m0/s1. The number of fused-ring (bicyclic) bond motifs is 2. The molecule has 7 atom stereocenters. The number of rotatable bonds is 13. The van der Waals surface area contributed by atoms with E-state index in [-0.39, 0.29) is 17.9 Å². The number of carbonyl (C=O) groups excluding carboxylic acids is 1. The van der Waals surface area contributed by atoms with Crippen molar-refractivity contribution in [3.63, 3.8) is 0 Å². The summed E-state index contributed by atoms with van der Waals surface area (Å²) in [5.41, 5.74) is 2.80. The average molecular weight is 557 g/mol. The molecule has 2 N–H and O–H groups in total. The maximum absolute atomic E-state index is 13.8. The van der Waals surface area contributed by atoms with Crippen LogP contribution < -0.4 is 5.32 Å². The van der Waals surface area contributed by atoms with E-state index in [4.69, 9.17) is 4.84 Å². The summed E-state index contributed by atoms with van der Waals surface area (Å²) in [4.78, 5) is 24.6. The van der Waals surface area contributed by atoms with E-state index in [0.29, 0.717) is 42.2 Å². The first kappa shape index (κ1) is 31.4. The molecule has 0 radical (unpaired) electrons. The number of likely N-dealkylation sites (N-methyl/N-ethyl adjacent to an activating group) is 1. The van der Waals surface area contributed by atoms with Crippen molar-refractivity contribution in [3.05, 3.63) is 35.4 Å². The topological polar surface area (TPSA) is 68.3 Å². The molecule has 0 aromatic heterocycles. The van der Waals surface area contributed by atoms with Gasteiger partial charge in [0.05, 0.1) is 19.3 Å². The van der Waals surface area contributed by atoms with Crippen LogP contribution in [-0.4, -0.2) is 84.4 Å². The molecular formula is C33H56N4O3. The molecule has 1 aromatic rings. The number of aliphatic hydroxyl groups excluding tert-OH is 1. The highest BCUT2D eigenvalue weighted by atomic mass is 16.7. The molecule has 1 saturated heterocycles. The Morgan fingerprint density at radius 3 is 2.50 bits per heavy atom. The van der Waals surface area contributed by atoms with Crippen molar-refractivity contribution in [2.75, 3.05) is 40.3 Å². The Morgan fingerprint density at radius 1 is 1.15 bits per heavy atom. The highest BCUT2D eigenvalue weighted by Crippen LogP contribution is 2.61. The van der Waals surface area contributed by atoms with Gasteiger partial charge in [-0.2, -0.15) is 5.06 Å². The number of nitrogens with one attached hydrogen (secondary N) is 1. The maximum atomic E-state index is 13.8. The van der Waals surface area contributed by atoms with Crippen LogP contribution in [0.15, 0.2) is 24.3 Å². The number of benzene rings is 1. The normalized spacial score (nSPS) is 30.6. The third-order valence-electron chi connectivity index (χ3n) is 10.3. The molecule has 4 aliphatic rings. The predicted octanol–water partition coefficient (Wildman–Crippen LogP) is 4.40. The van der Waals surface area contributed by atoms with Crippen LogP contribution >= 0.6 is 0 Å². The first-order valence-electron chi connectivity index (χ1n) is 15.7. The maximum Gasteiger partial charge on any atom is 0.240 e. The number of amides is 1. The van der Waals surface area contributed by atoms with E-state index >= 15 is 0 Å². The van der Waals surface area contributed by atoms with Crippen LogP contribution in [0.3, 0.4) is 0 Å². The summed E-state index contributed by atoms with van der Waals surface area (Å²) in [7, 11) is 4.26. The minimum atomic E-state index is -0.616. The van der Waals surface area contributed by atoms with Gasteiger partial charge in [0.15, 0.2) is 0 Å². The summed E-state index contributed by atoms with van der Waals surface area (Å²) in [6, 6.07) is 8.39. The van der Waals surface area contributed by atoms with E-state index in [1.54, 1.807) is 6.92 Å². The summed E-state index contributed by atoms with van der Waals surface area (Å²) in [6.45, 7) is 18.4. The second-order valence-corrected chi connectivity index (χ2v) is 14.4. The zero-order valence-corrected chi connectivity index (χ0v) is 26.4. The number of hydroxylamine groups is 2. The quantitative estimate of drug-likeness (QED) is 0.376. The van der Waals surface area contributed by atoms with Crippen molar-refractivity contribution in [3.8, 4) is 0 Å². The Labute approximate surface area is 243 Å². The molecule has 7 nitrogen and oxygen atoms in total. The van der Waals surface area contributed by atoms with Crippen molar-refractivity contribution >= 4 is 5.91 Å². The fourth-order valence-electron chi connectivity index (χ4n) is 7.36. The molecule has 3 saturated carbocycles. The molecule has 0 unspecified atom stereocenters. The zero-order valence-electron chi connectivity index (χ0n) is 26.4. The summed E-state index contributed by atoms with van der Waals surface area (Å²) < 4.78 is 0. The van der Waals surface area contributed by atoms with E-state index in [0.717, 1.165) is 38.2 Å². The third kappa shape index (κ3) is 7.27. The average Bonchev–Trinajstić information content (AvgIpc) is 3.30. The van der Waals surface area contributed by atoms with Gasteiger partial charge in [0, 0.05) is 31.6 Å². The van der Waals surface area contributed by atoms with E-state index in [1.807, 2.05) is 5.06 Å². The monoisotopic (exact) mass is 556 g/mol. The molecule has 1 aromatic carbocycles. The Kier molecular flexibility index (Phi) is 10.4. The van der Waals surface area contributed by atoms with Crippen LogP contribution in [0.1, 0.15) is 71.9 Å². The molecule has 1 heterocycles. The highest BCUT2D eigenvalue weighted by molar-refractivity contribution is 5.82. The van der Waals surface area contributed by atoms with Crippen LogP contribution in [0.4, 0.5) is 0 Å². The van der Waals surface area contributed by atoms with Crippen LogP contribution in [0.5, 0.6) is 0 Å². The SMILES string of the molecule is CC(C)CCN(CCN(C)C)Cc1cccc(CN2OC[C@@H]([C@H](C)O)[C@H]2C(=O)N[C@H]2C[C@H]3C[C@@H]([C@@H]2C)C3(C)C)c1. The van der Waals surface area contributed by atoms with E-state index in [9.17, 15) is 9.90 Å². The highest BCUT2D eigenvalue weighted by Gasteiger charge is 2.57. The number of nitrogens with zero attached hydrogens (tertiary/aromatic N) is 3. The molecule has 4 fully saturated rings. The number of hydrogen-bond donors (Lipinski definition) is 2. The van der Waals surface area contributed by atoms with Gasteiger partial charge in [-0.15, -0.1) is 0 Å². The molecule has 226 valence electrons. The van der Waals surface area contributed by atoms with Crippen molar-refractivity contribution in [1.82, 2.24) is 20.2 Å². The first-order valence-corrected chi connectivity index (χ1v) is 15.7.